The monoisotopic (exact) mass is 485 g/mol. The number of likely N-dealkylation sites (tertiary alicyclic amines) is 1. The van der Waals surface area contributed by atoms with Crippen LogP contribution in [0.4, 0.5) is 10.1 Å². The lowest BCUT2D eigenvalue weighted by Crippen LogP contribution is -2.50. The number of hydrogen-bond donors (Lipinski definition) is 1. The van der Waals surface area contributed by atoms with Crippen LogP contribution < -0.4 is 14.8 Å². The van der Waals surface area contributed by atoms with Crippen LogP contribution in [-0.2, 0) is 9.59 Å². The second-order valence-corrected chi connectivity index (χ2v) is 8.30. The number of carbonyl (C=O) groups excluding carboxylic acids is 3. The Balaban J connectivity index is 1.66. The summed E-state index contributed by atoms with van der Waals surface area (Å²) >= 11 is 0. The number of hydrogen-bond acceptors (Lipinski definition) is 6. The highest BCUT2D eigenvalue weighted by Crippen LogP contribution is 2.30. The van der Waals surface area contributed by atoms with E-state index in [1.54, 1.807) is 30.1 Å². The van der Waals surface area contributed by atoms with Gasteiger partial charge in [0.05, 0.1) is 25.8 Å². The molecule has 0 saturated carbocycles. The Morgan fingerprint density at radius 2 is 1.74 bits per heavy atom. The molecule has 8 nitrogen and oxygen atoms in total. The quantitative estimate of drug-likeness (QED) is 0.545. The minimum absolute atomic E-state index is 0.0356. The highest BCUT2D eigenvalue weighted by molar-refractivity contribution is 6.06. The van der Waals surface area contributed by atoms with Gasteiger partial charge in [-0.2, -0.15) is 0 Å². The van der Waals surface area contributed by atoms with Crippen molar-refractivity contribution in [1.82, 2.24) is 9.80 Å². The summed E-state index contributed by atoms with van der Waals surface area (Å²) in [6, 6.07) is 9.68. The molecule has 1 aliphatic heterocycles. The van der Waals surface area contributed by atoms with E-state index in [-0.39, 0.29) is 30.5 Å². The zero-order chi connectivity index (χ0) is 25.4. The molecule has 1 atom stereocenters. The molecule has 1 fully saturated rings. The van der Waals surface area contributed by atoms with Crippen LogP contribution in [0.3, 0.4) is 0 Å². The van der Waals surface area contributed by atoms with Crippen molar-refractivity contribution in [2.24, 2.45) is 0 Å². The molecule has 1 unspecified atom stereocenters. The molecule has 1 saturated heterocycles. The van der Waals surface area contributed by atoms with Gasteiger partial charge in [0.2, 0.25) is 11.8 Å². The van der Waals surface area contributed by atoms with Gasteiger partial charge in [-0.25, -0.2) is 4.39 Å². The molecule has 0 aromatic heterocycles. The maximum Gasteiger partial charge on any atom is 0.260 e. The van der Waals surface area contributed by atoms with Gasteiger partial charge in [-0.1, -0.05) is 0 Å². The van der Waals surface area contributed by atoms with E-state index in [1.165, 1.54) is 29.2 Å². The van der Waals surface area contributed by atoms with Crippen LogP contribution in [0, 0.1) is 5.82 Å². The number of likely N-dealkylation sites (N-methyl/N-ethyl adjacent to an activating group) is 1. The zero-order valence-electron chi connectivity index (χ0n) is 20.4. The van der Waals surface area contributed by atoms with Crippen LogP contribution in [0.25, 0.3) is 0 Å². The van der Waals surface area contributed by atoms with Crippen molar-refractivity contribution in [3.63, 3.8) is 0 Å². The van der Waals surface area contributed by atoms with Gasteiger partial charge >= 0.3 is 0 Å². The molecule has 2 aromatic carbocycles. The minimum atomic E-state index is -0.619. The van der Waals surface area contributed by atoms with Crippen molar-refractivity contribution in [2.75, 3.05) is 38.7 Å². The normalized spacial score (nSPS) is 16.1. The van der Waals surface area contributed by atoms with Gasteiger partial charge < -0.3 is 14.8 Å². The molecule has 35 heavy (non-hydrogen) atoms. The van der Waals surface area contributed by atoms with E-state index in [0.717, 1.165) is 6.42 Å². The van der Waals surface area contributed by atoms with E-state index in [9.17, 15) is 18.8 Å². The maximum atomic E-state index is 13.3. The Hall–Kier alpha value is -3.46. The molecule has 188 valence electrons. The Labute approximate surface area is 205 Å². The lowest BCUT2D eigenvalue weighted by atomic mass is 10.1. The molecule has 0 bridgehead atoms. The van der Waals surface area contributed by atoms with Gasteiger partial charge in [0.1, 0.15) is 5.82 Å². The fourth-order valence-electron chi connectivity index (χ4n) is 4.05. The number of carbonyl (C=O) groups is 3. The van der Waals surface area contributed by atoms with Crippen molar-refractivity contribution in [2.45, 2.75) is 39.2 Å². The third kappa shape index (κ3) is 6.79. The van der Waals surface area contributed by atoms with Crippen LogP contribution in [0.15, 0.2) is 42.5 Å². The summed E-state index contributed by atoms with van der Waals surface area (Å²) in [6.07, 6.45) is 1.95. The third-order valence-corrected chi connectivity index (χ3v) is 5.75. The number of benzene rings is 2. The van der Waals surface area contributed by atoms with E-state index in [0.29, 0.717) is 43.2 Å². The van der Waals surface area contributed by atoms with Crippen LogP contribution >= 0.6 is 0 Å². The summed E-state index contributed by atoms with van der Waals surface area (Å²) in [5.41, 5.74) is 0.803. The number of nitrogens with zero attached hydrogens (tertiary/aromatic N) is 2. The Morgan fingerprint density at radius 1 is 1.06 bits per heavy atom. The summed E-state index contributed by atoms with van der Waals surface area (Å²) in [5, 5.41) is 2.83. The number of ether oxygens (including phenoxy) is 2. The molecular weight excluding hydrogens is 453 g/mol. The first-order chi connectivity index (χ1) is 16.8. The average Bonchev–Trinajstić information content (AvgIpc) is 3.02. The van der Waals surface area contributed by atoms with E-state index >= 15 is 0 Å². The van der Waals surface area contributed by atoms with Crippen molar-refractivity contribution < 1.29 is 28.2 Å². The van der Waals surface area contributed by atoms with Gasteiger partial charge in [-0.15, -0.1) is 0 Å². The predicted molar refractivity (Wildman–Crippen MR) is 130 cm³/mol. The van der Waals surface area contributed by atoms with E-state index < -0.39 is 17.8 Å². The van der Waals surface area contributed by atoms with E-state index in [1.807, 2.05) is 13.8 Å². The van der Waals surface area contributed by atoms with Gasteiger partial charge in [0.25, 0.3) is 5.91 Å². The number of amides is 3. The molecule has 1 N–H and O–H groups in total. The molecule has 0 spiro atoms. The van der Waals surface area contributed by atoms with E-state index in [2.05, 4.69) is 5.32 Å². The lowest BCUT2D eigenvalue weighted by molar-refractivity contribution is -0.133. The number of halogens is 1. The lowest BCUT2D eigenvalue weighted by Gasteiger charge is -2.29. The van der Waals surface area contributed by atoms with Gasteiger partial charge in [0.15, 0.2) is 11.5 Å². The predicted octanol–water partition coefficient (Wildman–Crippen LogP) is 3.71. The Kier molecular flexibility index (Phi) is 9.19. The Bertz CT molecular complexity index is 1040. The second kappa shape index (κ2) is 12.3. The first-order valence-electron chi connectivity index (χ1n) is 11.8. The topological polar surface area (TPSA) is 88.2 Å². The van der Waals surface area contributed by atoms with Gasteiger partial charge in [0, 0.05) is 23.9 Å². The standard InChI is InChI=1S/C26H32FN3O5/c1-4-34-22-14-13-20(16-23(22)35-5-2)28-24(31)17-29(3)21-8-6-7-15-30(26(21)33)25(32)18-9-11-19(27)12-10-18/h9-14,16,21H,4-8,15,17H2,1-3H3,(H,28,31). The van der Waals surface area contributed by atoms with Gasteiger partial charge in [-0.3, -0.25) is 24.2 Å². The van der Waals surface area contributed by atoms with E-state index in [4.69, 9.17) is 9.47 Å². The maximum absolute atomic E-state index is 13.3. The molecular formula is C26H32FN3O5. The number of nitrogens with one attached hydrogen (secondary N) is 1. The van der Waals surface area contributed by atoms with Crippen LogP contribution in [0.1, 0.15) is 43.5 Å². The summed E-state index contributed by atoms with van der Waals surface area (Å²) in [6.45, 7) is 4.95. The zero-order valence-corrected chi connectivity index (χ0v) is 20.4. The summed E-state index contributed by atoms with van der Waals surface area (Å²) in [7, 11) is 1.69. The van der Waals surface area contributed by atoms with Crippen molar-refractivity contribution in [3.05, 3.63) is 53.8 Å². The molecule has 0 radical (unpaired) electrons. The fourth-order valence-corrected chi connectivity index (χ4v) is 4.05. The second-order valence-electron chi connectivity index (χ2n) is 8.30. The largest absolute Gasteiger partial charge is 0.490 e. The van der Waals surface area contributed by atoms with Gasteiger partial charge in [-0.05, 0) is 76.6 Å². The Morgan fingerprint density at radius 3 is 2.43 bits per heavy atom. The molecule has 1 aliphatic rings. The average molecular weight is 486 g/mol. The molecule has 0 aliphatic carbocycles. The molecule has 9 heteroatoms. The molecule has 1 heterocycles. The van der Waals surface area contributed by atoms with Crippen LogP contribution in [0.5, 0.6) is 11.5 Å². The summed E-state index contributed by atoms with van der Waals surface area (Å²) in [5.74, 6) is -0.431. The minimum Gasteiger partial charge on any atom is -0.490 e. The van der Waals surface area contributed by atoms with Crippen LogP contribution in [0.2, 0.25) is 0 Å². The highest BCUT2D eigenvalue weighted by atomic mass is 19.1. The van der Waals surface area contributed by atoms with Crippen LogP contribution in [-0.4, -0.2) is 66.9 Å². The molecule has 3 amide bonds. The van der Waals surface area contributed by atoms with Crippen molar-refractivity contribution in [1.29, 1.82) is 0 Å². The van der Waals surface area contributed by atoms with Crippen molar-refractivity contribution >= 4 is 23.4 Å². The number of imide groups is 1. The smallest absolute Gasteiger partial charge is 0.260 e. The third-order valence-electron chi connectivity index (χ3n) is 5.75. The molecule has 3 rings (SSSR count). The molecule has 2 aromatic rings. The fraction of sp³-hybridized carbons (Fsp3) is 0.423. The van der Waals surface area contributed by atoms with Crippen molar-refractivity contribution in [3.8, 4) is 11.5 Å². The first-order valence-corrected chi connectivity index (χ1v) is 11.8. The first kappa shape index (κ1) is 26.2. The highest BCUT2D eigenvalue weighted by Gasteiger charge is 2.34. The number of rotatable bonds is 9. The number of anilines is 1. The summed E-state index contributed by atoms with van der Waals surface area (Å²) < 4.78 is 24.4. The summed E-state index contributed by atoms with van der Waals surface area (Å²) in [4.78, 5) is 41.8. The SMILES string of the molecule is CCOc1ccc(NC(=O)CN(C)C2CCCCN(C(=O)c3ccc(F)cc3)C2=O)cc1OCC.